The standard InChI is InChI=1S/C23H20F2N2O2S/c1-13(20-18(24)5-4-6-19(20)25)21-14(2)22(28)26-23-27(21)16(12-30-23)11-15-7-9-17(29-3)10-8-15/h4-10,12-13H,11H2,1-3H3. The van der Waals surface area contributed by atoms with Gasteiger partial charge < -0.3 is 4.74 Å². The molecule has 0 aliphatic carbocycles. The Kier molecular flexibility index (Phi) is 5.39. The number of methoxy groups -OCH3 is 1. The van der Waals surface area contributed by atoms with E-state index in [1.54, 1.807) is 21.0 Å². The molecule has 0 spiro atoms. The van der Waals surface area contributed by atoms with Crippen molar-refractivity contribution in [3.05, 3.63) is 97.9 Å². The number of halogens is 2. The van der Waals surface area contributed by atoms with Gasteiger partial charge in [0.25, 0.3) is 5.56 Å². The summed E-state index contributed by atoms with van der Waals surface area (Å²) in [6, 6.07) is 11.5. The van der Waals surface area contributed by atoms with Crippen LogP contribution in [-0.2, 0) is 6.42 Å². The minimum absolute atomic E-state index is 0.0541. The first-order valence-corrected chi connectivity index (χ1v) is 10.3. The number of rotatable bonds is 5. The summed E-state index contributed by atoms with van der Waals surface area (Å²) in [4.78, 5) is 17.2. The lowest BCUT2D eigenvalue weighted by atomic mass is 9.93. The zero-order chi connectivity index (χ0) is 21.4. The molecule has 4 rings (SSSR count). The summed E-state index contributed by atoms with van der Waals surface area (Å²) in [6.45, 7) is 3.37. The third kappa shape index (κ3) is 3.50. The fourth-order valence-electron chi connectivity index (χ4n) is 3.78. The lowest BCUT2D eigenvalue weighted by Crippen LogP contribution is -2.20. The lowest BCUT2D eigenvalue weighted by Gasteiger charge is -2.19. The van der Waals surface area contributed by atoms with Gasteiger partial charge in [0, 0.05) is 40.2 Å². The van der Waals surface area contributed by atoms with Crippen LogP contribution in [0.2, 0.25) is 0 Å². The summed E-state index contributed by atoms with van der Waals surface area (Å²) in [7, 11) is 1.61. The minimum atomic E-state index is -0.668. The van der Waals surface area contributed by atoms with Crippen LogP contribution in [-0.4, -0.2) is 16.5 Å². The molecule has 154 valence electrons. The molecule has 0 aliphatic heterocycles. The first-order valence-electron chi connectivity index (χ1n) is 9.47. The van der Waals surface area contributed by atoms with E-state index in [1.807, 2.05) is 34.0 Å². The molecule has 7 heteroatoms. The largest absolute Gasteiger partial charge is 0.497 e. The summed E-state index contributed by atoms with van der Waals surface area (Å²) in [5.41, 5.74) is 2.45. The van der Waals surface area contributed by atoms with Crippen molar-refractivity contribution in [2.45, 2.75) is 26.2 Å². The number of hydrogen-bond donors (Lipinski definition) is 0. The highest BCUT2D eigenvalue weighted by Crippen LogP contribution is 2.32. The molecule has 0 radical (unpaired) electrons. The maximum Gasteiger partial charge on any atom is 0.277 e. The van der Waals surface area contributed by atoms with E-state index in [-0.39, 0.29) is 11.1 Å². The molecule has 1 unspecified atom stereocenters. The molecule has 0 N–H and O–H groups in total. The molecule has 0 saturated heterocycles. The number of fused-ring (bicyclic) bond motifs is 1. The van der Waals surface area contributed by atoms with Crippen LogP contribution in [0.1, 0.15) is 40.9 Å². The molecule has 2 aromatic carbocycles. The van der Waals surface area contributed by atoms with Crippen LogP contribution >= 0.6 is 11.3 Å². The average Bonchev–Trinajstić information content (AvgIpc) is 3.11. The molecule has 0 saturated carbocycles. The molecule has 2 aromatic heterocycles. The van der Waals surface area contributed by atoms with E-state index >= 15 is 0 Å². The van der Waals surface area contributed by atoms with E-state index in [0.717, 1.165) is 17.0 Å². The summed E-state index contributed by atoms with van der Waals surface area (Å²) in [5, 5.41) is 1.93. The van der Waals surface area contributed by atoms with Gasteiger partial charge in [0.2, 0.25) is 0 Å². The smallest absolute Gasteiger partial charge is 0.277 e. The third-order valence-corrected chi connectivity index (χ3v) is 6.18. The molecule has 30 heavy (non-hydrogen) atoms. The highest BCUT2D eigenvalue weighted by molar-refractivity contribution is 7.15. The Labute approximate surface area is 176 Å². The second-order valence-electron chi connectivity index (χ2n) is 7.15. The van der Waals surface area contributed by atoms with Crippen molar-refractivity contribution in [3.63, 3.8) is 0 Å². The zero-order valence-electron chi connectivity index (χ0n) is 16.8. The minimum Gasteiger partial charge on any atom is -0.497 e. The quantitative estimate of drug-likeness (QED) is 0.446. The zero-order valence-corrected chi connectivity index (χ0v) is 17.6. The predicted molar refractivity (Wildman–Crippen MR) is 114 cm³/mol. The van der Waals surface area contributed by atoms with Crippen LogP contribution in [0.3, 0.4) is 0 Å². The summed E-state index contributed by atoms with van der Waals surface area (Å²) in [6.07, 6.45) is 0.577. The van der Waals surface area contributed by atoms with Crippen LogP contribution in [0, 0.1) is 18.6 Å². The third-order valence-electron chi connectivity index (χ3n) is 5.31. The molecule has 4 aromatic rings. The van der Waals surface area contributed by atoms with Crippen molar-refractivity contribution in [2.24, 2.45) is 0 Å². The number of benzene rings is 2. The van der Waals surface area contributed by atoms with Crippen LogP contribution < -0.4 is 10.3 Å². The highest BCUT2D eigenvalue weighted by Gasteiger charge is 2.25. The van der Waals surface area contributed by atoms with E-state index in [2.05, 4.69) is 4.98 Å². The van der Waals surface area contributed by atoms with E-state index in [9.17, 15) is 13.6 Å². The van der Waals surface area contributed by atoms with Crippen LogP contribution in [0.5, 0.6) is 5.75 Å². The van der Waals surface area contributed by atoms with Crippen molar-refractivity contribution in [1.29, 1.82) is 0 Å². The number of ether oxygens (including phenoxy) is 1. The summed E-state index contributed by atoms with van der Waals surface area (Å²) >= 11 is 1.34. The van der Waals surface area contributed by atoms with E-state index in [0.29, 0.717) is 22.6 Å². The fraction of sp³-hybridized carbons (Fsp3) is 0.217. The first kappa shape index (κ1) is 20.2. The van der Waals surface area contributed by atoms with Crippen molar-refractivity contribution in [2.75, 3.05) is 7.11 Å². The van der Waals surface area contributed by atoms with Gasteiger partial charge in [-0.25, -0.2) is 8.78 Å². The van der Waals surface area contributed by atoms with Crippen molar-refractivity contribution in [3.8, 4) is 5.75 Å². The number of aromatic nitrogens is 2. The first-order chi connectivity index (χ1) is 14.4. The van der Waals surface area contributed by atoms with E-state index in [1.165, 1.54) is 29.5 Å². The van der Waals surface area contributed by atoms with Gasteiger partial charge in [-0.15, -0.1) is 11.3 Å². The van der Waals surface area contributed by atoms with Gasteiger partial charge in [-0.05, 0) is 36.8 Å². The van der Waals surface area contributed by atoms with Gasteiger partial charge in [0.1, 0.15) is 17.4 Å². The van der Waals surface area contributed by atoms with Crippen LogP contribution in [0.4, 0.5) is 8.78 Å². The molecular weight excluding hydrogens is 406 g/mol. The Hall–Kier alpha value is -3.06. The molecule has 0 bridgehead atoms. The monoisotopic (exact) mass is 426 g/mol. The topological polar surface area (TPSA) is 43.6 Å². The number of thiazole rings is 1. The van der Waals surface area contributed by atoms with Gasteiger partial charge in [-0.2, -0.15) is 4.98 Å². The Morgan fingerprint density at radius 1 is 1.13 bits per heavy atom. The number of nitrogens with zero attached hydrogens (tertiary/aromatic N) is 2. The Morgan fingerprint density at radius 2 is 1.80 bits per heavy atom. The highest BCUT2D eigenvalue weighted by atomic mass is 32.1. The Morgan fingerprint density at radius 3 is 2.43 bits per heavy atom. The van der Waals surface area contributed by atoms with Gasteiger partial charge in [0.15, 0.2) is 4.96 Å². The van der Waals surface area contributed by atoms with Crippen molar-refractivity contribution >= 4 is 16.3 Å². The van der Waals surface area contributed by atoms with E-state index < -0.39 is 17.6 Å². The maximum absolute atomic E-state index is 14.5. The normalized spacial score (nSPS) is 12.3. The summed E-state index contributed by atoms with van der Waals surface area (Å²) < 4.78 is 36.1. The van der Waals surface area contributed by atoms with Gasteiger partial charge in [0.05, 0.1) is 7.11 Å². The predicted octanol–water partition coefficient (Wildman–Crippen LogP) is 5.09. The number of hydrogen-bond acceptors (Lipinski definition) is 4. The molecule has 1 atom stereocenters. The lowest BCUT2D eigenvalue weighted by molar-refractivity contribution is 0.414. The molecule has 0 fully saturated rings. The van der Waals surface area contributed by atoms with Gasteiger partial charge in [-0.3, -0.25) is 9.20 Å². The molecular formula is C23H20F2N2O2S. The SMILES string of the molecule is COc1ccc(Cc2csc3nc(=O)c(C)c(C(C)c4c(F)cccc4F)n23)cc1. The van der Waals surface area contributed by atoms with Crippen molar-refractivity contribution < 1.29 is 13.5 Å². The Balaban J connectivity index is 1.89. The average molecular weight is 426 g/mol. The summed E-state index contributed by atoms with van der Waals surface area (Å²) in [5.74, 6) is -1.17. The van der Waals surface area contributed by atoms with Gasteiger partial charge >= 0.3 is 0 Å². The van der Waals surface area contributed by atoms with Crippen LogP contribution in [0.25, 0.3) is 4.96 Å². The fourth-order valence-corrected chi connectivity index (χ4v) is 4.67. The van der Waals surface area contributed by atoms with Crippen LogP contribution in [0.15, 0.2) is 52.6 Å². The molecule has 0 aliphatic rings. The van der Waals surface area contributed by atoms with Crippen molar-refractivity contribution in [1.82, 2.24) is 9.38 Å². The Bertz CT molecular complexity index is 1260. The molecule has 0 amide bonds. The van der Waals surface area contributed by atoms with E-state index in [4.69, 9.17) is 4.74 Å². The second kappa shape index (κ2) is 7.99. The second-order valence-corrected chi connectivity index (χ2v) is 7.99. The maximum atomic E-state index is 14.5. The van der Waals surface area contributed by atoms with Gasteiger partial charge in [-0.1, -0.05) is 25.1 Å². The molecule has 4 nitrogen and oxygen atoms in total. The molecule has 2 heterocycles.